The maximum absolute atomic E-state index is 10.8. The summed E-state index contributed by atoms with van der Waals surface area (Å²) in [7, 11) is 0. The van der Waals surface area contributed by atoms with Crippen LogP contribution in [0.4, 0.5) is 0 Å². The molecule has 0 bridgehead atoms. The zero-order chi connectivity index (χ0) is 10.5. The fourth-order valence-corrected chi connectivity index (χ4v) is 1.83. The maximum atomic E-state index is 10.8. The predicted molar refractivity (Wildman–Crippen MR) is 44.3 cm³/mol. The highest BCUT2D eigenvalue weighted by Gasteiger charge is 2.56. The van der Waals surface area contributed by atoms with Crippen LogP contribution in [0.25, 0.3) is 0 Å². The lowest BCUT2D eigenvalue weighted by Gasteiger charge is -2.21. The minimum atomic E-state index is -1.07. The Bertz CT molecular complexity index is 266. The van der Waals surface area contributed by atoms with Gasteiger partial charge in [-0.1, -0.05) is 0 Å². The van der Waals surface area contributed by atoms with Crippen molar-refractivity contribution < 1.29 is 24.1 Å². The maximum Gasteiger partial charge on any atom is 0.335 e. The van der Waals surface area contributed by atoms with Gasteiger partial charge in [-0.25, -0.2) is 4.79 Å². The molecule has 2 heterocycles. The third-order valence-electron chi connectivity index (χ3n) is 2.33. The van der Waals surface area contributed by atoms with E-state index in [9.17, 15) is 4.79 Å². The number of nitrogens with two attached hydrogens (primary N) is 1. The molecule has 0 aromatic rings. The summed E-state index contributed by atoms with van der Waals surface area (Å²) in [6.07, 6.45) is -2.87. The van der Waals surface area contributed by atoms with E-state index >= 15 is 0 Å². The topological polar surface area (TPSA) is 91.0 Å². The molecule has 2 rings (SSSR count). The summed E-state index contributed by atoms with van der Waals surface area (Å²) >= 11 is 0. The second-order valence-electron chi connectivity index (χ2n) is 3.92. The van der Waals surface area contributed by atoms with Crippen molar-refractivity contribution in [1.29, 1.82) is 0 Å². The molecule has 4 atom stereocenters. The van der Waals surface area contributed by atoms with Crippen LogP contribution in [0.2, 0.25) is 0 Å². The number of fused-ring (bicyclic) bond motifs is 1. The van der Waals surface area contributed by atoms with Crippen LogP contribution < -0.4 is 5.73 Å². The van der Waals surface area contributed by atoms with Gasteiger partial charge >= 0.3 is 5.97 Å². The van der Waals surface area contributed by atoms with Gasteiger partial charge in [-0.2, -0.15) is 0 Å². The molecule has 14 heavy (non-hydrogen) atoms. The Morgan fingerprint density at radius 3 is 2.50 bits per heavy atom. The standard InChI is InChI=1S/C8H13NO5/c1-8(2)13-3-4(14-8)6(9)12-5(3)7(10)11/h3-6H,9H2,1-2H3,(H,10,11)/t3-,4+,5-,6+/m0/s1. The second kappa shape index (κ2) is 2.90. The van der Waals surface area contributed by atoms with Crippen LogP contribution in [-0.2, 0) is 19.0 Å². The summed E-state index contributed by atoms with van der Waals surface area (Å²) in [4.78, 5) is 10.8. The molecule has 6 heteroatoms. The van der Waals surface area contributed by atoms with Crippen molar-refractivity contribution in [2.24, 2.45) is 5.73 Å². The number of hydrogen-bond donors (Lipinski definition) is 2. The third-order valence-corrected chi connectivity index (χ3v) is 2.33. The zero-order valence-electron chi connectivity index (χ0n) is 7.97. The number of ether oxygens (including phenoxy) is 3. The highest BCUT2D eigenvalue weighted by atomic mass is 16.8. The molecular formula is C8H13NO5. The number of hydrogen-bond acceptors (Lipinski definition) is 5. The lowest BCUT2D eigenvalue weighted by atomic mass is 10.1. The van der Waals surface area contributed by atoms with Crippen LogP contribution in [0, 0.1) is 0 Å². The molecule has 0 spiro atoms. The SMILES string of the molecule is CC1(C)O[C@@H]2[C@H](O1)[C@@H](C(=O)O)O[C@H]2N. The Morgan fingerprint density at radius 2 is 1.93 bits per heavy atom. The molecule has 0 aliphatic carbocycles. The fraction of sp³-hybridized carbons (Fsp3) is 0.875. The third kappa shape index (κ3) is 1.40. The molecular weight excluding hydrogens is 190 g/mol. The molecule has 2 fully saturated rings. The van der Waals surface area contributed by atoms with Gasteiger partial charge in [0.15, 0.2) is 11.9 Å². The van der Waals surface area contributed by atoms with Crippen LogP contribution in [0.15, 0.2) is 0 Å². The number of aliphatic carboxylic acids is 1. The molecule has 6 nitrogen and oxygen atoms in total. The van der Waals surface area contributed by atoms with Gasteiger partial charge in [0.1, 0.15) is 18.4 Å². The van der Waals surface area contributed by atoms with Crippen molar-refractivity contribution in [3.05, 3.63) is 0 Å². The number of rotatable bonds is 1. The first-order valence-corrected chi connectivity index (χ1v) is 4.40. The van der Waals surface area contributed by atoms with Crippen LogP contribution >= 0.6 is 0 Å². The van der Waals surface area contributed by atoms with Crippen LogP contribution in [0.3, 0.4) is 0 Å². The Hall–Kier alpha value is -0.690. The average molecular weight is 203 g/mol. The normalized spacial score (nSPS) is 45.1. The lowest BCUT2D eigenvalue weighted by molar-refractivity contribution is -0.193. The molecule has 0 amide bonds. The van der Waals surface area contributed by atoms with E-state index in [4.69, 9.17) is 25.1 Å². The van der Waals surface area contributed by atoms with Crippen LogP contribution in [0.1, 0.15) is 13.8 Å². The van der Waals surface area contributed by atoms with Gasteiger partial charge in [-0.15, -0.1) is 0 Å². The van der Waals surface area contributed by atoms with E-state index in [0.29, 0.717) is 0 Å². The molecule has 80 valence electrons. The Balaban J connectivity index is 2.19. The quantitative estimate of drug-likeness (QED) is 0.584. The van der Waals surface area contributed by atoms with Gasteiger partial charge in [0.2, 0.25) is 0 Å². The number of carbonyl (C=O) groups is 1. The molecule has 0 radical (unpaired) electrons. The van der Waals surface area contributed by atoms with E-state index in [1.807, 2.05) is 0 Å². The summed E-state index contributed by atoms with van der Waals surface area (Å²) in [5.41, 5.74) is 5.58. The van der Waals surface area contributed by atoms with Crippen molar-refractivity contribution in [2.75, 3.05) is 0 Å². The average Bonchev–Trinajstić information content (AvgIpc) is 2.47. The zero-order valence-corrected chi connectivity index (χ0v) is 7.97. The minimum Gasteiger partial charge on any atom is -0.479 e. The monoisotopic (exact) mass is 203 g/mol. The van der Waals surface area contributed by atoms with Gasteiger partial charge in [-0.3, -0.25) is 0 Å². The van der Waals surface area contributed by atoms with E-state index < -0.39 is 36.3 Å². The van der Waals surface area contributed by atoms with E-state index in [1.165, 1.54) is 0 Å². The first-order valence-electron chi connectivity index (χ1n) is 4.40. The Kier molecular flexibility index (Phi) is 2.04. The molecule has 2 aliphatic heterocycles. The molecule has 2 aliphatic rings. The molecule has 0 aromatic heterocycles. The number of carboxylic acid groups (broad SMARTS) is 1. The van der Waals surface area contributed by atoms with Crippen molar-refractivity contribution in [3.8, 4) is 0 Å². The van der Waals surface area contributed by atoms with Crippen molar-refractivity contribution in [3.63, 3.8) is 0 Å². The Morgan fingerprint density at radius 1 is 1.36 bits per heavy atom. The smallest absolute Gasteiger partial charge is 0.335 e. The van der Waals surface area contributed by atoms with E-state index in [-0.39, 0.29) is 0 Å². The highest BCUT2D eigenvalue weighted by Crippen LogP contribution is 2.37. The predicted octanol–water partition coefficient (Wildman–Crippen LogP) is -0.725. The van der Waals surface area contributed by atoms with Gasteiger partial charge < -0.3 is 25.1 Å². The molecule has 3 N–H and O–H groups in total. The number of carboxylic acids is 1. The summed E-state index contributed by atoms with van der Waals surface area (Å²) < 4.78 is 15.9. The van der Waals surface area contributed by atoms with Crippen molar-refractivity contribution in [1.82, 2.24) is 0 Å². The first kappa shape index (κ1) is 9.85. The van der Waals surface area contributed by atoms with Crippen LogP contribution in [-0.4, -0.2) is 41.4 Å². The largest absolute Gasteiger partial charge is 0.479 e. The van der Waals surface area contributed by atoms with Gasteiger partial charge in [0.05, 0.1) is 0 Å². The molecule has 0 unspecified atom stereocenters. The lowest BCUT2D eigenvalue weighted by Crippen LogP contribution is -2.35. The summed E-state index contributed by atoms with van der Waals surface area (Å²) in [6, 6.07) is 0. The van der Waals surface area contributed by atoms with Gasteiger partial charge in [0, 0.05) is 0 Å². The summed E-state index contributed by atoms with van der Waals surface area (Å²) in [6.45, 7) is 3.44. The molecule has 0 saturated carbocycles. The minimum absolute atomic E-state index is 0.494. The van der Waals surface area contributed by atoms with Crippen LogP contribution in [0.5, 0.6) is 0 Å². The Labute approximate surface area is 80.9 Å². The fourth-order valence-electron chi connectivity index (χ4n) is 1.83. The van der Waals surface area contributed by atoms with Crippen molar-refractivity contribution in [2.45, 2.75) is 44.2 Å². The highest BCUT2D eigenvalue weighted by molar-refractivity contribution is 5.73. The molecule has 2 saturated heterocycles. The van der Waals surface area contributed by atoms with E-state index in [1.54, 1.807) is 13.8 Å². The van der Waals surface area contributed by atoms with E-state index in [2.05, 4.69) is 0 Å². The first-order chi connectivity index (χ1) is 6.41. The molecule has 0 aromatic carbocycles. The van der Waals surface area contributed by atoms with Gasteiger partial charge in [0.25, 0.3) is 0 Å². The van der Waals surface area contributed by atoms with E-state index in [0.717, 1.165) is 0 Å². The van der Waals surface area contributed by atoms with Crippen molar-refractivity contribution >= 4 is 5.97 Å². The van der Waals surface area contributed by atoms with Gasteiger partial charge in [-0.05, 0) is 13.8 Å². The summed E-state index contributed by atoms with van der Waals surface area (Å²) in [5, 5.41) is 8.83. The second-order valence-corrected chi connectivity index (χ2v) is 3.92. The summed E-state index contributed by atoms with van der Waals surface area (Å²) in [5.74, 6) is -1.86.